The lowest BCUT2D eigenvalue weighted by molar-refractivity contribution is -0.127. The van der Waals surface area contributed by atoms with E-state index in [0.717, 1.165) is 44.3 Å². The number of hydrogen-bond donors (Lipinski definition) is 1. The summed E-state index contributed by atoms with van der Waals surface area (Å²) in [5.41, 5.74) is 1.09. The zero-order chi connectivity index (χ0) is 16.4. The number of hydrogen-bond acceptors (Lipinski definition) is 3. The second kappa shape index (κ2) is 6.77. The minimum atomic E-state index is -0.199. The van der Waals surface area contributed by atoms with E-state index in [9.17, 15) is 4.79 Å². The summed E-state index contributed by atoms with van der Waals surface area (Å²) < 4.78 is 1.98. The van der Waals surface area contributed by atoms with Gasteiger partial charge in [-0.05, 0) is 43.9 Å². The molecule has 0 spiro atoms. The van der Waals surface area contributed by atoms with E-state index < -0.39 is 0 Å². The highest BCUT2D eigenvalue weighted by Gasteiger charge is 2.37. The van der Waals surface area contributed by atoms with Crippen LogP contribution in [-0.4, -0.2) is 39.2 Å². The molecule has 2 heterocycles. The van der Waals surface area contributed by atoms with Crippen molar-refractivity contribution in [2.24, 2.45) is 0 Å². The molecule has 0 radical (unpaired) electrons. The van der Waals surface area contributed by atoms with Gasteiger partial charge in [-0.25, -0.2) is 0 Å². The van der Waals surface area contributed by atoms with Crippen LogP contribution in [0.2, 0.25) is 0 Å². The van der Waals surface area contributed by atoms with Gasteiger partial charge in [-0.15, -0.1) is 0 Å². The third kappa shape index (κ3) is 3.36. The molecule has 1 amide bonds. The van der Waals surface area contributed by atoms with Crippen molar-refractivity contribution in [3.63, 3.8) is 0 Å². The maximum atomic E-state index is 13.0. The Morgan fingerprint density at radius 2 is 2.04 bits per heavy atom. The molecule has 24 heavy (non-hydrogen) atoms. The number of rotatable bonds is 6. The second-order valence-corrected chi connectivity index (χ2v) is 6.86. The Bertz CT molecular complexity index is 666. The van der Waals surface area contributed by atoms with E-state index in [-0.39, 0.29) is 11.9 Å². The average Bonchev–Trinajstić information content (AvgIpc) is 3.07. The third-order valence-electron chi connectivity index (χ3n) is 5.00. The summed E-state index contributed by atoms with van der Waals surface area (Å²) in [7, 11) is 0. The number of likely N-dealkylation sites (tertiary alicyclic amines) is 1. The number of carbonyl (C=O) groups excluding carboxylic acids is 1. The molecule has 4 rings (SSSR count). The summed E-state index contributed by atoms with van der Waals surface area (Å²) in [6, 6.07) is 12.7. The monoisotopic (exact) mass is 324 g/mol. The predicted octanol–water partition coefficient (Wildman–Crippen LogP) is 2.37. The Morgan fingerprint density at radius 3 is 2.75 bits per heavy atom. The van der Waals surface area contributed by atoms with Crippen LogP contribution >= 0.6 is 0 Å². The fourth-order valence-corrected chi connectivity index (χ4v) is 3.65. The average molecular weight is 324 g/mol. The molecule has 2 aliphatic rings. The fourth-order valence-electron chi connectivity index (χ4n) is 3.65. The maximum absolute atomic E-state index is 13.0. The highest BCUT2D eigenvalue weighted by molar-refractivity contribution is 5.83. The molecule has 1 saturated carbocycles. The molecule has 0 unspecified atom stereocenters. The van der Waals surface area contributed by atoms with E-state index in [0.29, 0.717) is 12.1 Å². The van der Waals surface area contributed by atoms with Crippen LogP contribution in [0.15, 0.2) is 48.8 Å². The largest absolute Gasteiger partial charge is 0.352 e. The Morgan fingerprint density at radius 1 is 1.21 bits per heavy atom. The summed E-state index contributed by atoms with van der Waals surface area (Å²) in [5, 5.41) is 7.54. The van der Waals surface area contributed by atoms with Crippen LogP contribution in [0.4, 0.5) is 0 Å². The van der Waals surface area contributed by atoms with Crippen molar-refractivity contribution in [2.75, 3.05) is 6.54 Å². The molecule has 1 aromatic carbocycles. The number of nitrogens with zero attached hydrogens (tertiary/aromatic N) is 3. The molecule has 1 aromatic heterocycles. The van der Waals surface area contributed by atoms with Gasteiger partial charge in [0.1, 0.15) is 6.04 Å². The highest BCUT2D eigenvalue weighted by atomic mass is 16.2. The molecule has 2 fully saturated rings. The van der Waals surface area contributed by atoms with E-state index in [1.807, 2.05) is 41.3 Å². The number of benzene rings is 1. The summed E-state index contributed by atoms with van der Waals surface area (Å²) in [5.74, 6) is 0.149. The lowest BCUT2D eigenvalue weighted by atomic mass is 10.0. The number of nitrogens with one attached hydrogen (secondary N) is 1. The molecular weight excluding hydrogens is 300 g/mol. The molecule has 0 bridgehead atoms. The Kier molecular flexibility index (Phi) is 4.34. The van der Waals surface area contributed by atoms with Crippen molar-refractivity contribution in [1.29, 1.82) is 0 Å². The van der Waals surface area contributed by atoms with Crippen LogP contribution in [0, 0.1) is 0 Å². The second-order valence-electron chi connectivity index (χ2n) is 6.86. The van der Waals surface area contributed by atoms with E-state index in [2.05, 4.69) is 27.4 Å². The van der Waals surface area contributed by atoms with E-state index in [1.54, 1.807) is 0 Å². The predicted molar refractivity (Wildman–Crippen MR) is 92.3 cm³/mol. The Hall–Kier alpha value is -2.14. The van der Waals surface area contributed by atoms with Gasteiger partial charge in [-0.1, -0.05) is 30.3 Å². The van der Waals surface area contributed by atoms with Crippen molar-refractivity contribution in [3.8, 4) is 0 Å². The molecule has 1 aliphatic heterocycles. The minimum Gasteiger partial charge on any atom is -0.352 e. The Labute approximate surface area is 142 Å². The lowest BCUT2D eigenvalue weighted by Crippen LogP contribution is -2.44. The van der Waals surface area contributed by atoms with Crippen LogP contribution in [-0.2, 0) is 11.3 Å². The first kappa shape index (κ1) is 15.4. The molecule has 2 aromatic rings. The van der Waals surface area contributed by atoms with Gasteiger partial charge in [-0.2, -0.15) is 5.10 Å². The molecular formula is C19H24N4O. The zero-order valence-corrected chi connectivity index (χ0v) is 13.8. The standard InChI is InChI=1S/C19H24N4O/c24-19(21-16-9-10-16)18(15-6-2-1-3-7-15)23-13-4-8-17(23)14-22-12-5-11-20-22/h1-3,5-7,11-12,16-18H,4,8-10,13-14H2,(H,21,24)/t17-,18+/m1/s1. The molecule has 1 aliphatic carbocycles. The first-order valence-corrected chi connectivity index (χ1v) is 8.90. The van der Waals surface area contributed by atoms with Crippen LogP contribution in [0.5, 0.6) is 0 Å². The highest BCUT2D eigenvalue weighted by Crippen LogP contribution is 2.31. The summed E-state index contributed by atoms with van der Waals surface area (Å²) >= 11 is 0. The lowest BCUT2D eigenvalue weighted by Gasteiger charge is -2.32. The van der Waals surface area contributed by atoms with Crippen molar-refractivity contribution < 1.29 is 4.79 Å². The summed E-state index contributed by atoms with van der Waals surface area (Å²) in [6.45, 7) is 1.80. The SMILES string of the molecule is O=C(NC1CC1)[C@H](c1ccccc1)N1CCC[C@@H]1Cn1cccn1. The Balaban J connectivity index is 1.57. The van der Waals surface area contributed by atoms with Crippen LogP contribution < -0.4 is 5.32 Å². The summed E-state index contributed by atoms with van der Waals surface area (Å²) in [6.07, 6.45) is 8.28. The number of carbonyl (C=O) groups is 1. The normalized spacial score (nSPS) is 22.4. The first-order valence-electron chi connectivity index (χ1n) is 8.90. The fraction of sp³-hybridized carbons (Fsp3) is 0.474. The molecule has 5 nitrogen and oxygen atoms in total. The molecule has 1 saturated heterocycles. The molecule has 2 atom stereocenters. The van der Waals surface area contributed by atoms with Gasteiger partial charge < -0.3 is 5.32 Å². The molecule has 5 heteroatoms. The van der Waals surface area contributed by atoms with Crippen LogP contribution in [0.3, 0.4) is 0 Å². The van der Waals surface area contributed by atoms with Gasteiger partial charge in [-0.3, -0.25) is 14.4 Å². The molecule has 126 valence electrons. The zero-order valence-electron chi connectivity index (χ0n) is 13.8. The van der Waals surface area contributed by atoms with Crippen molar-refractivity contribution >= 4 is 5.91 Å². The topological polar surface area (TPSA) is 50.2 Å². The number of aromatic nitrogens is 2. The van der Waals surface area contributed by atoms with Gasteiger partial charge in [0.15, 0.2) is 0 Å². The van der Waals surface area contributed by atoms with Crippen LogP contribution in [0.1, 0.15) is 37.3 Å². The van der Waals surface area contributed by atoms with E-state index in [1.165, 1.54) is 0 Å². The minimum absolute atomic E-state index is 0.149. The van der Waals surface area contributed by atoms with Gasteiger partial charge >= 0.3 is 0 Å². The van der Waals surface area contributed by atoms with Crippen molar-refractivity contribution in [1.82, 2.24) is 20.0 Å². The van der Waals surface area contributed by atoms with Crippen molar-refractivity contribution in [2.45, 2.75) is 50.4 Å². The van der Waals surface area contributed by atoms with E-state index in [4.69, 9.17) is 0 Å². The third-order valence-corrected chi connectivity index (χ3v) is 5.00. The van der Waals surface area contributed by atoms with Gasteiger partial charge in [0, 0.05) is 24.5 Å². The summed E-state index contributed by atoms with van der Waals surface area (Å²) in [4.78, 5) is 15.3. The van der Waals surface area contributed by atoms with Crippen molar-refractivity contribution in [3.05, 3.63) is 54.4 Å². The molecule has 1 N–H and O–H groups in total. The van der Waals surface area contributed by atoms with E-state index >= 15 is 0 Å². The van der Waals surface area contributed by atoms with Crippen LogP contribution in [0.25, 0.3) is 0 Å². The smallest absolute Gasteiger partial charge is 0.242 e. The first-order chi connectivity index (χ1) is 11.8. The maximum Gasteiger partial charge on any atom is 0.242 e. The quantitative estimate of drug-likeness (QED) is 0.887. The van der Waals surface area contributed by atoms with Gasteiger partial charge in [0.2, 0.25) is 5.91 Å². The number of amides is 1. The van der Waals surface area contributed by atoms with Gasteiger partial charge in [0.25, 0.3) is 0 Å². The van der Waals surface area contributed by atoms with Gasteiger partial charge in [0.05, 0.1) is 6.54 Å².